The lowest BCUT2D eigenvalue weighted by Gasteiger charge is -2.43. The second-order valence-corrected chi connectivity index (χ2v) is 8.07. The Bertz CT molecular complexity index is 803. The van der Waals surface area contributed by atoms with Gasteiger partial charge in [0.25, 0.3) is 0 Å². The van der Waals surface area contributed by atoms with E-state index in [0.717, 1.165) is 36.3 Å². The number of rotatable bonds is 4. The lowest BCUT2D eigenvalue weighted by molar-refractivity contribution is 0.117. The fraction of sp³-hybridized carbons (Fsp3) is 0.409. The van der Waals surface area contributed by atoms with Crippen LogP contribution in [-0.2, 0) is 10.2 Å². The maximum Gasteiger partial charge on any atom is 0.410 e. The Morgan fingerprint density at radius 1 is 1.11 bits per heavy atom. The summed E-state index contributed by atoms with van der Waals surface area (Å²) in [4.78, 5) is 14.4. The van der Waals surface area contributed by atoms with Crippen molar-refractivity contribution in [1.29, 1.82) is 0 Å². The quantitative estimate of drug-likeness (QED) is 0.833. The minimum atomic E-state index is -0.197. The normalized spacial score (nSPS) is 28.2. The highest BCUT2D eigenvalue weighted by molar-refractivity contribution is 6.30. The zero-order valence-corrected chi connectivity index (χ0v) is 16.1. The molecule has 0 radical (unpaired) electrons. The van der Waals surface area contributed by atoms with Crippen LogP contribution in [0.4, 0.5) is 4.79 Å². The molecule has 5 heteroatoms. The summed E-state index contributed by atoms with van der Waals surface area (Å²) >= 11 is 6.21. The zero-order chi connectivity index (χ0) is 18.9. The molecule has 1 aliphatic carbocycles. The monoisotopic (exact) mass is 384 g/mol. The Hall–Kier alpha value is -2.04. The van der Waals surface area contributed by atoms with Crippen LogP contribution in [0, 0.1) is 0 Å². The molecule has 4 rings (SSSR count). The van der Waals surface area contributed by atoms with Gasteiger partial charge in [0.15, 0.2) is 0 Å². The van der Waals surface area contributed by atoms with Crippen LogP contribution in [0.2, 0.25) is 5.02 Å². The van der Waals surface area contributed by atoms with E-state index in [9.17, 15) is 4.79 Å². The molecular formula is C22H25ClN2O2. The molecule has 2 aromatic rings. The molecule has 1 amide bonds. The molecule has 0 bridgehead atoms. The Morgan fingerprint density at radius 3 is 2.52 bits per heavy atom. The van der Waals surface area contributed by atoms with E-state index in [1.54, 1.807) is 0 Å². The fourth-order valence-electron chi connectivity index (χ4n) is 4.63. The lowest BCUT2D eigenvalue weighted by Crippen LogP contribution is -2.46. The Morgan fingerprint density at radius 2 is 1.85 bits per heavy atom. The van der Waals surface area contributed by atoms with Gasteiger partial charge in [0.1, 0.15) is 6.61 Å². The first kappa shape index (κ1) is 18.3. The van der Waals surface area contributed by atoms with Crippen LogP contribution in [0.3, 0.4) is 0 Å². The molecule has 1 heterocycles. The van der Waals surface area contributed by atoms with E-state index in [2.05, 4.69) is 18.2 Å². The Kier molecular flexibility index (Phi) is 5.11. The summed E-state index contributed by atoms with van der Waals surface area (Å²) in [6.45, 7) is 1.02. The maximum absolute atomic E-state index is 12.5. The van der Waals surface area contributed by atoms with Gasteiger partial charge in [0, 0.05) is 23.0 Å². The van der Waals surface area contributed by atoms with Crippen LogP contribution in [-0.4, -0.2) is 30.2 Å². The maximum atomic E-state index is 12.5. The first-order chi connectivity index (χ1) is 13.1. The first-order valence-corrected chi connectivity index (χ1v) is 9.97. The average molecular weight is 385 g/mol. The van der Waals surface area contributed by atoms with Gasteiger partial charge in [-0.25, -0.2) is 4.79 Å². The van der Waals surface area contributed by atoms with Crippen LogP contribution < -0.4 is 5.73 Å². The van der Waals surface area contributed by atoms with E-state index >= 15 is 0 Å². The van der Waals surface area contributed by atoms with Crippen LogP contribution in [0.1, 0.15) is 42.9 Å². The van der Waals surface area contributed by atoms with Crippen LogP contribution in [0.25, 0.3) is 0 Å². The third-order valence-electron chi connectivity index (χ3n) is 6.23. The highest BCUT2D eigenvalue weighted by Gasteiger charge is 2.44. The number of benzene rings is 2. The number of nitrogens with two attached hydrogens (primary N) is 1. The van der Waals surface area contributed by atoms with Crippen molar-refractivity contribution in [2.24, 2.45) is 5.73 Å². The van der Waals surface area contributed by atoms with Gasteiger partial charge in [-0.05, 0) is 48.9 Å². The number of hydrogen-bond acceptors (Lipinski definition) is 3. The number of hydrogen-bond donors (Lipinski definition) is 1. The summed E-state index contributed by atoms with van der Waals surface area (Å²) in [6, 6.07) is 18.4. The molecule has 2 N–H and O–H groups in total. The largest absolute Gasteiger partial charge is 0.447 e. The molecule has 1 saturated carbocycles. The average Bonchev–Trinajstić information content (AvgIpc) is 3.10. The van der Waals surface area contributed by atoms with Gasteiger partial charge in [-0.15, -0.1) is 0 Å². The van der Waals surface area contributed by atoms with Gasteiger partial charge >= 0.3 is 6.09 Å². The van der Waals surface area contributed by atoms with E-state index in [0.29, 0.717) is 13.2 Å². The van der Waals surface area contributed by atoms with Crippen LogP contribution in [0.15, 0.2) is 54.6 Å². The molecule has 142 valence electrons. The third kappa shape index (κ3) is 3.44. The zero-order valence-electron chi connectivity index (χ0n) is 15.3. The number of carbonyl (C=O) groups excluding carboxylic acids is 1. The van der Waals surface area contributed by atoms with Crippen molar-refractivity contribution in [3.05, 3.63) is 70.7 Å². The summed E-state index contributed by atoms with van der Waals surface area (Å²) < 4.78 is 5.41. The first-order valence-electron chi connectivity index (χ1n) is 9.59. The van der Waals surface area contributed by atoms with Crippen molar-refractivity contribution >= 4 is 17.7 Å². The van der Waals surface area contributed by atoms with Gasteiger partial charge < -0.3 is 10.5 Å². The molecule has 0 unspecified atom stereocenters. The highest BCUT2D eigenvalue weighted by atomic mass is 35.5. The lowest BCUT2D eigenvalue weighted by atomic mass is 9.68. The number of carbonyl (C=O) groups is 1. The fourth-order valence-corrected chi connectivity index (χ4v) is 4.82. The molecule has 2 aliphatic rings. The van der Waals surface area contributed by atoms with E-state index in [-0.39, 0.29) is 23.6 Å². The number of halogens is 1. The third-order valence-corrected chi connectivity index (χ3v) is 6.46. The summed E-state index contributed by atoms with van der Waals surface area (Å²) in [6.07, 6.45) is 3.53. The van der Waals surface area contributed by atoms with Gasteiger partial charge in [-0.2, -0.15) is 0 Å². The van der Waals surface area contributed by atoms with Crippen molar-refractivity contribution < 1.29 is 9.53 Å². The molecule has 0 aromatic heterocycles. The van der Waals surface area contributed by atoms with E-state index in [1.165, 1.54) is 5.56 Å². The number of ether oxygens (including phenoxy) is 1. The summed E-state index contributed by atoms with van der Waals surface area (Å²) in [5.74, 6) is 0. The predicted molar refractivity (Wildman–Crippen MR) is 107 cm³/mol. The van der Waals surface area contributed by atoms with Gasteiger partial charge in [0.05, 0.1) is 6.04 Å². The topological polar surface area (TPSA) is 55.6 Å². The molecular weight excluding hydrogens is 360 g/mol. The van der Waals surface area contributed by atoms with Crippen molar-refractivity contribution in [3.8, 4) is 0 Å². The van der Waals surface area contributed by atoms with Crippen molar-refractivity contribution in [2.75, 3.05) is 13.2 Å². The van der Waals surface area contributed by atoms with E-state index in [1.807, 2.05) is 41.3 Å². The molecule has 2 fully saturated rings. The van der Waals surface area contributed by atoms with Crippen molar-refractivity contribution in [2.45, 2.75) is 43.2 Å². The predicted octanol–water partition coefficient (Wildman–Crippen LogP) is 4.67. The van der Waals surface area contributed by atoms with Gasteiger partial charge in [0.2, 0.25) is 0 Å². The van der Waals surface area contributed by atoms with Crippen molar-refractivity contribution in [3.63, 3.8) is 0 Å². The van der Waals surface area contributed by atoms with Gasteiger partial charge in [-0.3, -0.25) is 4.90 Å². The molecule has 1 atom stereocenters. The van der Waals surface area contributed by atoms with E-state index in [4.69, 9.17) is 22.1 Å². The molecule has 1 aliphatic heterocycles. The standard InChI is InChI=1S/C22H25ClN2O2/c23-18-8-4-7-17(13-18)22(15-24)11-9-19(10-12-22)25-20(14-27-21(25)26)16-5-2-1-3-6-16/h1-8,13,19-20H,9-12,14-15,24H2/t19-,20-,22-/m1/s1. The van der Waals surface area contributed by atoms with Gasteiger partial charge in [-0.1, -0.05) is 54.1 Å². The minimum absolute atomic E-state index is 0.000228. The smallest absolute Gasteiger partial charge is 0.410 e. The van der Waals surface area contributed by atoms with Crippen LogP contribution >= 0.6 is 11.6 Å². The SMILES string of the molecule is NC[C@]1(c2cccc(Cl)c2)CC[C@H](N2C(=O)OC[C@@H]2c2ccccc2)CC1. The minimum Gasteiger partial charge on any atom is -0.447 e. The molecule has 27 heavy (non-hydrogen) atoms. The summed E-state index contributed by atoms with van der Waals surface area (Å²) in [7, 11) is 0. The number of nitrogens with zero attached hydrogens (tertiary/aromatic N) is 1. The molecule has 0 spiro atoms. The second-order valence-electron chi connectivity index (χ2n) is 7.64. The Balaban J connectivity index is 1.53. The molecule has 2 aromatic carbocycles. The van der Waals surface area contributed by atoms with Crippen molar-refractivity contribution in [1.82, 2.24) is 4.90 Å². The van der Waals surface area contributed by atoms with Crippen LogP contribution in [0.5, 0.6) is 0 Å². The number of cyclic esters (lactones) is 1. The summed E-state index contributed by atoms with van der Waals surface area (Å²) in [5.41, 5.74) is 8.50. The molecule has 4 nitrogen and oxygen atoms in total. The second kappa shape index (κ2) is 7.53. The molecule has 1 saturated heterocycles. The van der Waals surface area contributed by atoms with E-state index < -0.39 is 0 Å². The Labute approximate surface area is 165 Å². The highest BCUT2D eigenvalue weighted by Crippen LogP contribution is 2.43. The number of amides is 1. The summed E-state index contributed by atoms with van der Waals surface area (Å²) in [5, 5.41) is 0.745.